The Morgan fingerprint density at radius 1 is 1.30 bits per heavy atom. The monoisotopic (exact) mass is 332 g/mol. The number of halogens is 2. The van der Waals surface area contributed by atoms with Crippen LogP contribution in [-0.4, -0.2) is 5.91 Å². The fourth-order valence-electron chi connectivity index (χ4n) is 1.69. The van der Waals surface area contributed by atoms with E-state index in [0.29, 0.717) is 21.3 Å². The Hall–Kier alpha value is -2.19. The van der Waals surface area contributed by atoms with Gasteiger partial charge in [0.1, 0.15) is 5.82 Å². The van der Waals surface area contributed by atoms with Gasteiger partial charge in [-0.3, -0.25) is 4.79 Å². The third kappa shape index (κ3) is 3.03. The predicted molar refractivity (Wildman–Crippen MR) is 77.9 cm³/mol. The average Bonchev–Trinajstić information content (AvgIpc) is 2.41. The zero-order valence-electron chi connectivity index (χ0n) is 10.6. The summed E-state index contributed by atoms with van der Waals surface area (Å²) in [4.78, 5) is 12.2. The van der Waals surface area contributed by atoms with Gasteiger partial charge in [0.05, 0.1) is 17.2 Å². The number of carbonyl (C=O) groups excluding carboxylic acids is 1. The third-order valence-electron chi connectivity index (χ3n) is 2.79. The van der Waals surface area contributed by atoms with Crippen molar-refractivity contribution in [2.45, 2.75) is 6.92 Å². The van der Waals surface area contributed by atoms with E-state index >= 15 is 0 Å². The Morgan fingerprint density at radius 2 is 2.05 bits per heavy atom. The quantitative estimate of drug-likeness (QED) is 0.902. The number of hydrogen-bond donors (Lipinski definition) is 1. The molecule has 2 aromatic rings. The maximum absolute atomic E-state index is 13.0. The molecule has 20 heavy (non-hydrogen) atoms. The number of hydrogen-bond acceptors (Lipinski definition) is 2. The van der Waals surface area contributed by atoms with Crippen molar-refractivity contribution in [1.82, 2.24) is 0 Å². The minimum absolute atomic E-state index is 0.327. The molecule has 0 fully saturated rings. The summed E-state index contributed by atoms with van der Waals surface area (Å²) in [5.74, 6) is -0.786. The summed E-state index contributed by atoms with van der Waals surface area (Å²) in [6.07, 6.45) is 0. The van der Waals surface area contributed by atoms with Crippen molar-refractivity contribution in [3.8, 4) is 6.07 Å². The molecule has 0 spiro atoms. The number of benzene rings is 2. The average molecular weight is 333 g/mol. The second-order valence-electron chi connectivity index (χ2n) is 4.22. The molecule has 2 aromatic carbocycles. The van der Waals surface area contributed by atoms with Gasteiger partial charge in [-0.15, -0.1) is 0 Å². The summed E-state index contributed by atoms with van der Waals surface area (Å²) in [5.41, 5.74) is 2.19. The number of nitriles is 1. The van der Waals surface area contributed by atoms with E-state index in [-0.39, 0.29) is 5.91 Å². The minimum atomic E-state index is -0.420. The smallest absolute Gasteiger partial charge is 0.256 e. The Morgan fingerprint density at radius 3 is 2.70 bits per heavy atom. The number of nitrogens with one attached hydrogen (secondary N) is 1. The highest BCUT2D eigenvalue weighted by Gasteiger charge is 2.12. The van der Waals surface area contributed by atoms with E-state index in [1.54, 1.807) is 18.2 Å². The lowest BCUT2D eigenvalue weighted by Gasteiger charge is -2.10. The first-order valence-corrected chi connectivity index (χ1v) is 6.57. The fourth-order valence-corrected chi connectivity index (χ4v) is 2.22. The first-order valence-electron chi connectivity index (χ1n) is 5.78. The molecular formula is C15H10BrFN2O. The summed E-state index contributed by atoms with van der Waals surface area (Å²) < 4.78 is 13.4. The molecule has 3 nitrogen and oxygen atoms in total. The number of aryl methyl sites for hydroxylation is 1. The second kappa shape index (κ2) is 5.85. The van der Waals surface area contributed by atoms with Crippen molar-refractivity contribution < 1.29 is 9.18 Å². The van der Waals surface area contributed by atoms with Crippen molar-refractivity contribution in [3.63, 3.8) is 0 Å². The lowest BCUT2D eigenvalue weighted by Crippen LogP contribution is -2.13. The van der Waals surface area contributed by atoms with Crippen molar-refractivity contribution in [1.29, 1.82) is 5.26 Å². The van der Waals surface area contributed by atoms with E-state index < -0.39 is 5.82 Å². The van der Waals surface area contributed by atoms with Gasteiger partial charge in [0.15, 0.2) is 0 Å². The van der Waals surface area contributed by atoms with Gasteiger partial charge < -0.3 is 5.32 Å². The maximum atomic E-state index is 13.0. The van der Waals surface area contributed by atoms with Crippen molar-refractivity contribution >= 4 is 27.5 Å². The van der Waals surface area contributed by atoms with E-state index in [2.05, 4.69) is 21.2 Å². The Balaban J connectivity index is 2.30. The standard InChI is InChI=1S/C15H10BrFN2O/c1-9-2-3-10(8-18)6-14(9)19-15(20)12-5-4-11(17)7-13(12)16/h2-7H,1H3,(H,19,20). The largest absolute Gasteiger partial charge is 0.322 e. The zero-order chi connectivity index (χ0) is 14.7. The minimum Gasteiger partial charge on any atom is -0.322 e. The lowest BCUT2D eigenvalue weighted by atomic mass is 10.1. The molecule has 0 aliphatic carbocycles. The first-order chi connectivity index (χ1) is 9.51. The van der Waals surface area contributed by atoms with Crippen LogP contribution in [0.25, 0.3) is 0 Å². The van der Waals surface area contributed by atoms with Crippen LogP contribution >= 0.6 is 15.9 Å². The van der Waals surface area contributed by atoms with Crippen LogP contribution < -0.4 is 5.32 Å². The van der Waals surface area contributed by atoms with Crippen molar-refractivity contribution in [3.05, 3.63) is 63.4 Å². The Bertz CT molecular complexity index is 722. The van der Waals surface area contributed by atoms with Crippen LogP contribution in [0.15, 0.2) is 40.9 Å². The molecule has 1 amide bonds. The molecule has 5 heteroatoms. The molecule has 0 saturated carbocycles. The van der Waals surface area contributed by atoms with E-state index in [0.717, 1.165) is 5.56 Å². The van der Waals surface area contributed by atoms with E-state index in [1.165, 1.54) is 18.2 Å². The third-order valence-corrected chi connectivity index (χ3v) is 3.45. The Labute approximate surface area is 124 Å². The molecule has 0 aromatic heterocycles. The van der Waals surface area contributed by atoms with Crippen LogP contribution in [-0.2, 0) is 0 Å². The number of rotatable bonds is 2. The normalized spacial score (nSPS) is 9.90. The Kier molecular flexibility index (Phi) is 4.16. The van der Waals surface area contributed by atoms with E-state index in [1.807, 2.05) is 13.0 Å². The van der Waals surface area contributed by atoms with Crippen LogP contribution in [0.1, 0.15) is 21.5 Å². The highest BCUT2D eigenvalue weighted by Crippen LogP contribution is 2.21. The molecule has 0 aliphatic heterocycles. The van der Waals surface area contributed by atoms with Gasteiger partial charge in [0.25, 0.3) is 5.91 Å². The SMILES string of the molecule is Cc1ccc(C#N)cc1NC(=O)c1ccc(F)cc1Br. The second-order valence-corrected chi connectivity index (χ2v) is 5.07. The summed E-state index contributed by atoms with van der Waals surface area (Å²) in [7, 11) is 0. The van der Waals surface area contributed by atoms with Crippen LogP contribution in [0.3, 0.4) is 0 Å². The molecule has 1 N–H and O–H groups in total. The van der Waals surface area contributed by atoms with Gasteiger partial charge in [0.2, 0.25) is 0 Å². The van der Waals surface area contributed by atoms with Crippen molar-refractivity contribution in [2.24, 2.45) is 0 Å². The number of carbonyl (C=O) groups is 1. The number of anilines is 1. The van der Waals surface area contributed by atoms with Crippen LogP contribution in [0.2, 0.25) is 0 Å². The highest BCUT2D eigenvalue weighted by atomic mass is 79.9. The van der Waals surface area contributed by atoms with Crippen LogP contribution in [0, 0.1) is 24.1 Å². The molecule has 0 bridgehead atoms. The predicted octanol–water partition coefficient (Wildman–Crippen LogP) is 4.02. The first kappa shape index (κ1) is 14.2. The molecular weight excluding hydrogens is 323 g/mol. The number of amides is 1. The van der Waals surface area contributed by atoms with Crippen LogP contribution in [0.5, 0.6) is 0 Å². The molecule has 0 unspecified atom stereocenters. The maximum Gasteiger partial charge on any atom is 0.256 e. The molecule has 0 atom stereocenters. The molecule has 0 aliphatic rings. The molecule has 100 valence electrons. The molecule has 0 heterocycles. The van der Waals surface area contributed by atoms with Crippen LogP contribution in [0.4, 0.5) is 10.1 Å². The van der Waals surface area contributed by atoms with Gasteiger partial charge in [-0.25, -0.2) is 4.39 Å². The van der Waals surface area contributed by atoms with Gasteiger partial charge in [-0.1, -0.05) is 6.07 Å². The summed E-state index contributed by atoms with van der Waals surface area (Å²) in [5, 5.41) is 11.6. The topological polar surface area (TPSA) is 52.9 Å². The van der Waals surface area contributed by atoms with Gasteiger partial charge in [-0.2, -0.15) is 5.26 Å². The number of nitrogens with zero attached hydrogens (tertiary/aromatic N) is 1. The van der Waals surface area contributed by atoms with E-state index in [9.17, 15) is 9.18 Å². The highest BCUT2D eigenvalue weighted by molar-refractivity contribution is 9.10. The van der Waals surface area contributed by atoms with Gasteiger partial charge in [0, 0.05) is 10.2 Å². The van der Waals surface area contributed by atoms with Crippen molar-refractivity contribution in [2.75, 3.05) is 5.32 Å². The van der Waals surface area contributed by atoms with Gasteiger partial charge in [-0.05, 0) is 58.7 Å². The summed E-state index contributed by atoms with van der Waals surface area (Å²) in [6, 6.07) is 10.9. The molecule has 0 radical (unpaired) electrons. The summed E-state index contributed by atoms with van der Waals surface area (Å²) >= 11 is 3.15. The van der Waals surface area contributed by atoms with E-state index in [4.69, 9.17) is 5.26 Å². The van der Waals surface area contributed by atoms with Gasteiger partial charge >= 0.3 is 0 Å². The molecule has 2 rings (SSSR count). The lowest BCUT2D eigenvalue weighted by molar-refractivity contribution is 0.102. The fraction of sp³-hybridized carbons (Fsp3) is 0.0667. The summed E-state index contributed by atoms with van der Waals surface area (Å²) in [6.45, 7) is 1.83. The molecule has 0 saturated heterocycles. The zero-order valence-corrected chi connectivity index (χ0v) is 12.2.